The molecule has 51 valence electrons. The van der Waals surface area contributed by atoms with E-state index in [4.69, 9.17) is 0 Å². The minimum atomic E-state index is -0.751. The molecule has 0 unspecified atom stereocenters. The molecule has 0 aliphatic heterocycles. The third-order valence-electron chi connectivity index (χ3n) is 1.03. The van der Waals surface area contributed by atoms with Gasteiger partial charge in [0.25, 0.3) is 0 Å². The SMILES string of the molecule is Br.Fc1ccc[c]([Zn])c1F. The molecular formula is C6H4BrF2Zn. The number of hydrogen-bond donors (Lipinski definition) is 0. The molecule has 0 N–H and O–H groups in total. The Morgan fingerprint density at radius 3 is 2.20 bits per heavy atom. The molecule has 0 aliphatic carbocycles. The molecule has 1 aromatic carbocycles. The van der Waals surface area contributed by atoms with E-state index in [9.17, 15) is 8.78 Å². The van der Waals surface area contributed by atoms with Crippen molar-refractivity contribution >= 4 is 21.1 Å². The van der Waals surface area contributed by atoms with E-state index in [0.29, 0.717) is 22.5 Å². The zero-order valence-corrected chi connectivity index (χ0v) is 9.78. The second kappa shape index (κ2) is 4.14. The van der Waals surface area contributed by atoms with Gasteiger partial charge in [-0.3, -0.25) is 0 Å². The topological polar surface area (TPSA) is 0 Å². The summed E-state index contributed by atoms with van der Waals surface area (Å²) in [4.78, 5) is 0. The molecule has 0 atom stereocenters. The van der Waals surface area contributed by atoms with Gasteiger partial charge in [0.1, 0.15) is 0 Å². The summed E-state index contributed by atoms with van der Waals surface area (Å²) in [6.07, 6.45) is 0. The van der Waals surface area contributed by atoms with Crippen LogP contribution in [0.2, 0.25) is 0 Å². The van der Waals surface area contributed by atoms with Crippen LogP contribution in [0.15, 0.2) is 18.2 Å². The first-order chi connectivity index (χ1) is 4.22. The molecule has 0 heterocycles. The van der Waals surface area contributed by atoms with Gasteiger partial charge in [0.15, 0.2) is 0 Å². The Morgan fingerprint density at radius 2 is 1.80 bits per heavy atom. The second-order valence-corrected chi connectivity index (χ2v) is 3.31. The maximum absolute atomic E-state index is 12.4. The third-order valence-corrected chi connectivity index (χ3v) is 2.18. The normalized spacial score (nSPS) is 8.80. The Balaban J connectivity index is 0.000000810. The Morgan fingerprint density at radius 1 is 1.20 bits per heavy atom. The molecule has 0 nitrogen and oxygen atoms in total. The molecule has 1 rings (SSSR count). The summed E-state index contributed by atoms with van der Waals surface area (Å²) in [6.45, 7) is 0. The average Bonchev–Trinajstić information content (AvgIpc) is 1.83. The van der Waals surface area contributed by atoms with Gasteiger partial charge in [-0.05, 0) is 0 Å². The van der Waals surface area contributed by atoms with Crippen molar-refractivity contribution in [2.75, 3.05) is 0 Å². The standard InChI is InChI=1S/C6H3F2.BrH.Zn/c7-5-3-1-2-4-6(5)8;;/h1-3H;1H;. The molecule has 0 radical (unpaired) electrons. The van der Waals surface area contributed by atoms with Crippen LogP contribution < -0.4 is 4.16 Å². The van der Waals surface area contributed by atoms with E-state index in [1.807, 2.05) is 0 Å². The number of benzene rings is 1. The molecular weight excluding hydrogens is 255 g/mol. The Hall–Kier alpha value is 0.183. The van der Waals surface area contributed by atoms with Gasteiger partial charge < -0.3 is 0 Å². The second-order valence-electron chi connectivity index (χ2n) is 1.71. The van der Waals surface area contributed by atoms with E-state index < -0.39 is 11.6 Å². The summed E-state index contributed by atoms with van der Waals surface area (Å²) < 4.78 is 25.1. The van der Waals surface area contributed by atoms with Crippen molar-refractivity contribution in [2.45, 2.75) is 0 Å². The first kappa shape index (κ1) is 10.2. The van der Waals surface area contributed by atoms with Crippen molar-refractivity contribution in [1.29, 1.82) is 0 Å². The zero-order valence-electron chi connectivity index (χ0n) is 5.10. The van der Waals surface area contributed by atoms with Crippen LogP contribution in [-0.2, 0) is 18.3 Å². The first-order valence-electron chi connectivity index (χ1n) is 2.48. The maximum atomic E-state index is 12.4. The van der Waals surface area contributed by atoms with E-state index >= 15 is 0 Å². The van der Waals surface area contributed by atoms with E-state index in [-0.39, 0.29) is 17.0 Å². The molecule has 0 spiro atoms. The van der Waals surface area contributed by atoms with Crippen LogP contribution in [0.1, 0.15) is 0 Å². The van der Waals surface area contributed by atoms with Gasteiger partial charge in [0.2, 0.25) is 0 Å². The summed E-state index contributed by atoms with van der Waals surface area (Å²) in [5.74, 6) is -1.45. The van der Waals surface area contributed by atoms with Crippen LogP contribution in [0.25, 0.3) is 0 Å². The van der Waals surface area contributed by atoms with Gasteiger partial charge in [-0.2, -0.15) is 0 Å². The summed E-state index contributed by atoms with van der Waals surface area (Å²) in [6, 6.07) is 4.21. The number of halogens is 3. The van der Waals surface area contributed by atoms with Gasteiger partial charge >= 0.3 is 61.1 Å². The van der Waals surface area contributed by atoms with Crippen LogP contribution in [0.4, 0.5) is 8.78 Å². The van der Waals surface area contributed by atoms with E-state index in [2.05, 4.69) is 0 Å². The van der Waals surface area contributed by atoms with E-state index in [1.54, 1.807) is 6.07 Å². The Kier molecular flexibility index (Phi) is 4.22. The fourth-order valence-corrected chi connectivity index (χ4v) is 1.19. The van der Waals surface area contributed by atoms with Crippen molar-refractivity contribution in [3.8, 4) is 0 Å². The van der Waals surface area contributed by atoms with Crippen LogP contribution in [-0.4, -0.2) is 0 Å². The van der Waals surface area contributed by atoms with Crippen molar-refractivity contribution < 1.29 is 27.1 Å². The molecule has 0 bridgehead atoms. The quantitative estimate of drug-likeness (QED) is 0.622. The van der Waals surface area contributed by atoms with Crippen LogP contribution in [0.3, 0.4) is 0 Å². The van der Waals surface area contributed by atoms with Crippen LogP contribution >= 0.6 is 17.0 Å². The van der Waals surface area contributed by atoms with Gasteiger partial charge in [-0.15, -0.1) is 17.0 Å². The molecule has 0 aromatic heterocycles. The monoisotopic (exact) mass is 257 g/mol. The van der Waals surface area contributed by atoms with Crippen LogP contribution in [0, 0.1) is 11.6 Å². The van der Waals surface area contributed by atoms with Crippen molar-refractivity contribution in [3.05, 3.63) is 29.8 Å². The summed E-state index contributed by atoms with van der Waals surface area (Å²) in [7, 11) is 0. The van der Waals surface area contributed by atoms with E-state index in [1.165, 1.54) is 6.07 Å². The molecule has 10 heavy (non-hydrogen) atoms. The molecule has 0 amide bonds. The van der Waals surface area contributed by atoms with Gasteiger partial charge in [0, 0.05) is 0 Å². The molecule has 0 saturated heterocycles. The Labute approximate surface area is 78.1 Å². The van der Waals surface area contributed by atoms with Crippen molar-refractivity contribution in [3.63, 3.8) is 0 Å². The number of hydrogen-bond acceptors (Lipinski definition) is 0. The fourth-order valence-electron chi connectivity index (χ4n) is 0.548. The minimum absolute atomic E-state index is 0. The predicted octanol–water partition coefficient (Wildman–Crippen LogP) is 1.71. The zero-order chi connectivity index (χ0) is 6.85. The van der Waals surface area contributed by atoms with Crippen molar-refractivity contribution in [2.24, 2.45) is 0 Å². The van der Waals surface area contributed by atoms with Gasteiger partial charge in [-0.25, -0.2) is 0 Å². The molecule has 0 fully saturated rings. The third kappa shape index (κ3) is 2.10. The summed E-state index contributed by atoms with van der Waals surface area (Å²) in [5.41, 5.74) is 0. The van der Waals surface area contributed by atoms with Crippen molar-refractivity contribution in [1.82, 2.24) is 0 Å². The summed E-state index contributed by atoms with van der Waals surface area (Å²) >= 11 is 0.656. The number of rotatable bonds is 0. The average molecular weight is 259 g/mol. The molecule has 0 saturated carbocycles. The van der Waals surface area contributed by atoms with Crippen LogP contribution in [0.5, 0.6) is 0 Å². The predicted molar refractivity (Wildman–Crippen MR) is 36.3 cm³/mol. The molecule has 1 aromatic rings. The van der Waals surface area contributed by atoms with Gasteiger partial charge in [0.05, 0.1) is 0 Å². The van der Waals surface area contributed by atoms with E-state index in [0.717, 1.165) is 6.07 Å². The molecule has 4 heteroatoms. The van der Waals surface area contributed by atoms with Gasteiger partial charge in [-0.1, -0.05) is 0 Å². The molecule has 0 aliphatic rings. The first-order valence-corrected chi connectivity index (χ1v) is 3.96. The fraction of sp³-hybridized carbons (Fsp3) is 0. The summed E-state index contributed by atoms with van der Waals surface area (Å²) in [5, 5.41) is 0. The Bertz CT molecular complexity index is 207.